The molecule has 0 saturated heterocycles. The maximum atomic E-state index is 5.96. The van der Waals surface area contributed by atoms with Gasteiger partial charge >= 0.3 is 0 Å². The zero-order chi connectivity index (χ0) is 13.0. The lowest BCUT2D eigenvalue weighted by molar-refractivity contribution is 0.213. The summed E-state index contributed by atoms with van der Waals surface area (Å²) in [6.07, 6.45) is -0.0905. The highest BCUT2D eigenvalue weighted by Crippen LogP contribution is 2.24. The third-order valence-electron chi connectivity index (χ3n) is 3.02. The zero-order valence-electron chi connectivity index (χ0n) is 10.9. The van der Waals surface area contributed by atoms with Crippen LogP contribution in [0.15, 0.2) is 48.5 Å². The van der Waals surface area contributed by atoms with Crippen molar-refractivity contribution in [2.24, 2.45) is 5.73 Å². The summed E-state index contributed by atoms with van der Waals surface area (Å²) in [6, 6.07) is 16.2. The smallest absolute Gasteiger partial charge is 0.136 e. The van der Waals surface area contributed by atoms with Gasteiger partial charge in [-0.2, -0.15) is 0 Å². The molecule has 0 radical (unpaired) electrons. The van der Waals surface area contributed by atoms with Crippen LogP contribution < -0.4 is 10.5 Å². The monoisotopic (exact) mass is 241 g/mol. The van der Waals surface area contributed by atoms with Crippen molar-refractivity contribution in [3.05, 3.63) is 65.2 Å². The van der Waals surface area contributed by atoms with Crippen LogP contribution in [-0.2, 0) is 0 Å². The normalized spacial score (nSPS) is 12.2. The van der Waals surface area contributed by atoms with Gasteiger partial charge in [0.25, 0.3) is 0 Å². The van der Waals surface area contributed by atoms with Crippen LogP contribution in [0.4, 0.5) is 0 Å². The van der Waals surface area contributed by atoms with Crippen LogP contribution in [0.2, 0.25) is 0 Å². The van der Waals surface area contributed by atoms with Crippen molar-refractivity contribution >= 4 is 0 Å². The Bertz CT molecular complexity index is 508. The fraction of sp³-hybridized carbons (Fsp3) is 0.250. The number of para-hydroxylation sites is 1. The first-order valence-electron chi connectivity index (χ1n) is 6.19. The van der Waals surface area contributed by atoms with E-state index >= 15 is 0 Å². The Morgan fingerprint density at radius 2 is 1.78 bits per heavy atom. The molecule has 0 aromatic heterocycles. The van der Waals surface area contributed by atoms with Crippen molar-refractivity contribution in [1.82, 2.24) is 0 Å². The number of ether oxygens (including phenoxy) is 1. The maximum Gasteiger partial charge on any atom is 0.136 e. The van der Waals surface area contributed by atoms with Crippen LogP contribution in [0.25, 0.3) is 0 Å². The summed E-state index contributed by atoms with van der Waals surface area (Å²) in [6.45, 7) is 4.64. The highest BCUT2D eigenvalue weighted by molar-refractivity contribution is 5.33. The number of rotatable bonds is 4. The van der Waals surface area contributed by atoms with Gasteiger partial charge in [0.2, 0.25) is 0 Å². The van der Waals surface area contributed by atoms with Crippen molar-refractivity contribution in [2.75, 3.05) is 6.54 Å². The summed E-state index contributed by atoms with van der Waals surface area (Å²) in [7, 11) is 0. The molecule has 0 bridgehead atoms. The highest BCUT2D eigenvalue weighted by atomic mass is 16.5. The first-order valence-corrected chi connectivity index (χ1v) is 6.19. The van der Waals surface area contributed by atoms with Crippen molar-refractivity contribution in [3.8, 4) is 5.75 Å². The van der Waals surface area contributed by atoms with E-state index in [-0.39, 0.29) is 6.10 Å². The summed E-state index contributed by atoms with van der Waals surface area (Å²) in [5, 5.41) is 0. The second-order valence-corrected chi connectivity index (χ2v) is 4.52. The number of nitrogens with two attached hydrogens (primary N) is 1. The number of hydrogen-bond donors (Lipinski definition) is 1. The molecule has 0 aliphatic heterocycles. The Morgan fingerprint density at radius 3 is 2.44 bits per heavy atom. The third-order valence-corrected chi connectivity index (χ3v) is 3.02. The maximum absolute atomic E-state index is 5.96. The van der Waals surface area contributed by atoms with Crippen molar-refractivity contribution in [1.29, 1.82) is 0 Å². The first kappa shape index (κ1) is 12.7. The van der Waals surface area contributed by atoms with E-state index in [2.05, 4.69) is 32.0 Å². The van der Waals surface area contributed by atoms with Crippen LogP contribution in [0.1, 0.15) is 22.8 Å². The van der Waals surface area contributed by atoms with E-state index in [9.17, 15) is 0 Å². The molecule has 0 fully saturated rings. The summed E-state index contributed by atoms with van der Waals surface area (Å²) in [4.78, 5) is 0. The van der Waals surface area contributed by atoms with Crippen LogP contribution in [0, 0.1) is 13.8 Å². The molecular formula is C16H19NO. The molecule has 0 saturated carbocycles. The summed E-state index contributed by atoms with van der Waals surface area (Å²) in [5.41, 5.74) is 9.46. The van der Waals surface area contributed by atoms with E-state index in [1.54, 1.807) is 0 Å². The average Bonchev–Trinajstić information content (AvgIpc) is 2.40. The lowest BCUT2D eigenvalue weighted by Gasteiger charge is -2.20. The molecule has 0 aliphatic carbocycles. The minimum atomic E-state index is -0.0905. The number of benzene rings is 2. The molecule has 2 aromatic rings. The molecule has 1 unspecified atom stereocenters. The summed E-state index contributed by atoms with van der Waals surface area (Å²) in [5.74, 6) is 0.855. The Kier molecular flexibility index (Phi) is 4.00. The Labute approximate surface area is 108 Å². The largest absolute Gasteiger partial charge is 0.484 e. The Morgan fingerprint density at radius 1 is 1.06 bits per heavy atom. The minimum absolute atomic E-state index is 0.0905. The molecule has 0 aliphatic rings. The van der Waals surface area contributed by atoms with Crippen LogP contribution in [-0.4, -0.2) is 6.54 Å². The molecule has 0 heterocycles. The first-order chi connectivity index (χ1) is 8.70. The molecule has 94 valence electrons. The van der Waals surface area contributed by atoms with E-state index in [1.165, 1.54) is 16.7 Å². The van der Waals surface area contributed by atoms with E-state index in [1.807, 2.05) is 30.3 Å². The molecule has 1 atom stereocenters. The second kappa shape index (κ2) is 5.69. The summed E-state index contributed by atoms with van der Waals surface area (Å²) >= 11 is 0. The van der Waals surface area contributed by atoms with E-state index in [4.69, 9.17) is 10.5 Å². The predicted octanol–water partition coefficient (Wildman–Crippen LogP) is 3.38. The molecule has 2 heteroatoms. The fourth-order valence-electron chi connectivity index (χ4n) is 2.01. The van der Waals surface area contributed by atoms with Crippen molar-refractivity contribution < 1.29 is 4.74 Å². The van der Waals surface area contributed by atoms with Crippen LogP contribution in [0.5, 0.6) is 5.75 Å². The van der Waals surface area contributed by atoms with Gasteiger partial charge in [-0.1, -0.05) is 42.0 Å². The van der Waals surface area contributed by atoms with Gasteiger partial charge in [-0.15, -0.1) is 0 Å². The van der Waals surface area contributed by atoms with Crippen molar-refractivity contribution in [3.63, 3.8) is 0 Å². The summed E-state index contributed by atoms with van der Waals surface area (Å²) < 4.78 is 5.96. The number of aryl methyl sites for hydroxylation is 2. The van der Waals surface area contributed by atoms with E-state index in [0.717, 1.165) is 5.75 Å². The van der Waals surface area contributed by atoms with Crippen LogP contribution in [0.3, 0.4) is 0 Å². The molecule has 2 N–H and O–H groups in total. The molecule has 2 aromatic carbocycles. The molecular weight excluding hydrogens is 222 g/mol. The highest BCUT2D eigenvalue weighted by Gasteiger charge is 2.14. The lowest BCUT2D eigenvalue weighted by Crippen LogP contribution is -2.19. The lowest BCUT2D eigenvalue weighted by atomic mass is 10.0. The zero-order valence-corrected chi connectivity index (χ0v) is 10.9. The minimum Gasteiger partial charge on any atom is -0.484 e. The van der Waals surface area contributed by atoms with Gasteiger partial charge in [-0.25, -0.2) is 0 Å². The van der Waals surface area contributed by atoms with Gasteiger partial charge < -0.3 is 10.5 Å². The van der Waals surface area contributed by atoms with Gasteiger partial charge in [0.1, 0.15) is 11.9 Å². The van der Waals surface area contributed by atoms with Gasteiger partial charge in [-0.05, 0) is 37.1 Å². The second-order valence-electron chi connectivity index (χ2n) is 4.52. The topological polar surface area (TPSA) is 35.2 Å². The fourth-order valence-corrected chi connectivity index (χ4v) is 2.01. The van der Waals surface area contributed by atoms with Gasteiger partial charge in [-0.3, -0.25) is 0 Å². The Hall–Kier alpha value is -1.80. The van der Waals surface area contributed by atoms with Gasteiger partial charge in [0.05, 0.1) is 0 Å². The van der Waals surface area contributed by atoms with E-state index < -0.39 is 0 Å². The van der Waals surface area contributed by atoms with Gasteiger partial charge in [0.15, 0.2) is 0 Å². The molecule has 2 nitrogen and oxygen atoms in total. The predicted molar refractivity (Wildman–Crippen MR) is 74.8 cm³/mol. The molecule has 18 heavy (non-hydrogen) atoms. The van der Waals surface area contributed by atoms with Crippen LogP contribution >= 0.6 is 0 Å². The average molecular weight is 241 g/mol. The standard InChI is InChI=1S/C16H19NO/c1-12-8-9-13(2)15(10-12)16(11-17)18-14-6-4-3-5-7-14/h3-10,16H,11,17H2,1-2H3. The van der Waals surface area contributed by atoms with Gasteiger partial charge in [0, 0.05) is 6.54 Å². The molecule has 2 rings (SSSR count). The third kappa shape index (κ3) is 2.90. The van der Waals surface area contributed by atoms with Crippen molar-refractivity contribution in [2.45, 2.75) is 20.0 Å². The molecule has 0 spiro atoms. The SMILES string of the molecule is Cc1ccc(C)c(C(CN)Oc2ccccc2)c1. The van der Waals surface area contributed by atoms with E-state index in [0.29, 0.717) is 6.54 Å². The quantitative estimate of drug-likeness (QED) is 0.890. The molecule has 0 amide bonds. The Balaban J connectivity index is 2.26. The number of hydrogen-bond acceptors (Lipinski definition) is 2.